The summed E-state index contributed by atoms with van der Waals surface area (Å²) in [6.45, 7) is 12.0. The van der Waals surface area contributed by atoms with Crippen molar-refractivity contribution in [3.05, 3.63) is 0 Å². The highest BCUT2D eigenvalue weighted by molar-refractivity contribution is 5.79. The van der Waals surface area contributed by atoms with Crippen LogP contribution in [0.3, 0.4) is 0 Å². The monoisotopic (exact) mass is 272 g/mol. The molecule has 3 N–H and O–H groups in total. The molecule has 0 rings (SSSR count). The van der Waals surface area contributed by atoms with Crippen LogP contribution in [-0.2, 0) is 14.3 Å². The number of nitrogens with one attached hydrogen (secondary N) is 1. The Hall–Kier alpha value is -1.10. The number of nitrogens with two attached hydrogens (primary N) is 1. The third-order valence-corrected chi connectivity index (χ3v) is 3.10. The fourth-order valence-corrected chi connectivity index (χ4v) is 1.26. The van der Waals surface area contributed by atoms with Gasteiger partial charge in [-0.15, -0.1) is 0 Å². The number of hydrogen-bond acceptors (Lipinski definition) is 3. The average Bonchev–Trinajstić information content (AvgIpc) is 2.24. The molecule has 5 heteroatoms. The molecular weight excluding hydrogens is 244 g/mol. The predicted octanol–water partition coefficient (Wildman–Crippen LogP) is 1.46. The Labute approximate surface area is 116 Å². The molecule has 0 heterocycles. The maximum atomic E-state index is 11.5. The molecule has 0 atom stereocenters. The second kappa shape index (κ2) is 6.89. The minimum Gasteiger partial charge on any atom is -0.374 e. The minimum absolute atomic E-state index is 0.00846. The topological polar surface area (TPSA) is 81.4 Å². The highest BCUT2D eigenvalue weighted by atomic mass is 16.5. The van der Waals surface area contributed by atoms with Crippen molar-refractivity contribution in [2.24, 2.45) is 17.1 Å². The van der Waals surface area contributed by atoms with Gasteiger partial charge in [-0.2, -0.15) is 0 Å². The summed E-state index contributed by atoms with van der Waals surface area (Å²) in [6, 6.07) is 0. The van der Waals surface area contributed by atoms with Crippen LogP contribution in [0.1, 0.15) is 48.0 Å². The van der Waals surface area contributed by atoms with Crippen molar-refractivity contribution in [1.29, 1.82) is 0 Å². The van der Waals surface area contributed by atoms with Crippen LogP contribution < -0.4 is 11.1 Å². The normalized spacial score (nSPS) is 12.6. The number of amides is 2. The van der Waals surface area contributed by atoms with Crippen molar-refractivity contribution < 1.29 is 14.3 Å². The van der Waals surface area contributed by atoms with Crippen LogP contribution >= 0.6 is 0 Å². The van der Waals surface area contributed by atoms with E-state index < -0.39 is 11.0 Å². The molecule has 0 radical (unpaired) electrons. The summed E-state index contributed by atoms with van der Waals surface area (Å²) in [5.41, 5.74) is 4.27. The van der Waals surface area contributed by atoms with Gasteiger partial charge in [0.15, 0.2) is 0 Å². The molecule has 112 valence electrons. The molecule has 0 aromatic rings. The van der Waals surface area contributed by atoms with E-state index in [4.69, 9.17) is 10.5 Å². The number of carbonyl (C=O) groups is 2. The van der Waals surface area contributed by atoms with Gasteiger partial charge in [0.05, 0.1) is 5.60 Å². The Morgan fingerprint density at radius 1 is 1.21 bits per heavy atom. The van der Waals surface area contributed by atoms with Gasteiger partial charge in [-0.05, 0) is 20.3 Å². The number of ether oxygens (including phenoxy) is 1. The zero-order valence-electron chi connectivity index (χ0n) is 13.0. The minimum atomic E-state index is -0.572. The fraction of sp³-hybridized carbons (Fsp3) is 0.857. The second-order valence-corrected chi connectivity index (χ2v) is 6.48. The van der Waals surface area contributed by atoms with E-state index in [0.717, 1.165) is 0 Å². The summed E-state index contributed by atoms with van der Waals surface area (Å²) in [5.74, 6) is -0.360. The van der Waals surface area contributed by atoms with Gasteiger partial charge in [-0.1, -0.05) is 27.7 Å². The van der Waals surface area contributed by atoms with Crippen molar-refractivity contribution in [2.75, 3.05) is 13.2 Å². The van der Waals surface area contributed by atoms with E-state index in [9.17, 15) is 9.59 Å². The highest BCUT2D eigenvalue weighted by Crippen LogP contribution is 2.21. The third kappa shape index (κ3) is 7.15. The standard InChI is InChI=1S/C14H28N2O3/c1-10(2)11(17)16-9-14(5,6)19-8-7-13(3,4)12(15)18/h10H,7-9H2,1-6H3,(H2,15,18)(H,16,17). The van der Waals surface area contributed by atoms with Crippen LogP contribution in [0.25, 0.3) is 0 Å². The Kier molecular flexibility index (Phi) is 6.49. The molecule has 0 spiro atoms. The molecule has 0 aromatic heterocycles. The van der Waals surface area contributed by atoms with Gasteiger partial charge in [-0.25, -0.2) is 0 Å². The van der Waals surface area contributed by atoms with Gasteiger partial charge in [0.25, 0.3) is 0 Å². The van der Waals surface area contributed by atoms with E-state index in [1.165, 1.54) is 0 Å². The van der Waals surface area contributed by atoms with E-state index in [2.05, 4.69) is 5.32 Å². The first kappa shape index (κ1) is 17.9. The maximum absolute atomic E-state index is 11.5. The van der Waals surface area contributed by atoms with Crippen molar-refractivity contribution >= 4 is 11.8 Å². The van der Waals surface area contributed by atoms with Crippen molar-refractivity contribution in [3.63, 3.8) is 0 Å². The van der Waals surface area contributed by atoms with Crippen LogP contribution in [0.5, 0.6) is 0 Å². The molecule has 2 amide bonds. The molecule has 0 aliphatic carbocycles. The molecule has 0 unspecified atom stereocenters. The van der Waals surface area contributed by atoms with Gasteiger partial charge in [0, 0.05) is 24.5 Å². The first-order chi connectivity index (χ1) is 8.48. The molecular formula is C14H28N2O3. The number of carbonyl (C=O) groups excluding carboxylic acids is 2. The molecule has 0 aliphatic rings. The van der Waals surface area contributed by atoms with Crippen molar-refractivity contribution in [1.82, 2.24) is 5.32 Å². The molecule has 0 aromatic carbocycles. The van der Waals surface area contributed by atoms with E-state index in [-0.39, 0.29) is 17.7 Å². The average molecular weight is 272 g/mol. The lowest BCUT2D eigenvalue weighted by molar-refractivity contribution is -0.128. The van der Waals surface area contributed by atoms with Gasteiger partial charge in [0.2, 0.25) is 11.8 Å². The van der Waals surface area contributed by atoms with Crippen LogP contribution in [0.4, 0.5) is 0 Å². The number of rotatable bonds is 8. The Bertz CT molecular complexity index is 323. The van der Waals surface area contributed by atoms with E-state index in [0.29, 0.717) is 19.6 Å². The van der Waals surface area contributed by atoms with Crippen LogP contribution in [-0.4, -0.2) is 30.6 Å². The quantitative estimate of drug-likeness (QED) is 0.702. The molecule has 0 aliphatic heterocycles. The number of hydrogen-bond donors (Lipinski definition) is 2. The number of primary amides is 1. The summed E-state index contributed by atoms with van der Waals surface area (Å²) in [5, 5.41) is 2.84. The molecule has 5 nitrogen and oxygen atoms in total. The smallest absolute Gasteiger partial charge is 0.223 e. The van der Waals surface area contributed by atoms with Gasteiger partial charge in [-0.3, -0.25) is 9.59 Å². The molecule has 0 bridgehead atoms. The van der Waals surface area contributed by atoms with Gasteiger partial charge < -0.3 is 15.8 Å². The SMILES string of the molecule is CC(C)C(=O)NCC(C)(C)OCCC(C)(C)C(N)=O. The Morgan fingerprint density at radius 3 is 2.16 bits per heavy atom. The first-order valence-corrected chi connectivity index (χ1v) is 6.69. The lowest BCUT2D eigenvalue weighted by Crippen LogP contribution is -2.42. The summed E-state index contributed by atoms with van der Waals surface area (Å²) < 4.78 is 5.72. The lowest BCUT2D eigenvalue weighted by Gasteiger charge is -2.28. The maximum Gasteiger partial charge on any atom is 0.223 e. The summed E-state index contributed by atoms with van der Waals surface area (Å²) in [4.78, 5) is 22.7. The zero-order chi connectivity index (χ0) is 15.3. The van der Waals surface area contributed by atoms with Crippen LogP contribution in [0, 0.1) is 11.3 Å². The molecule has 0 fully saturated rings. The van der Waals surface area contributed by atoms with Gasteiger partial charge >= 0.3 is 0 Å². The van der Waals surface area contributed by atoms with E-state index in [1.807, 2.05) is 27.7 Å². The largest absolute Gasteiger partial charge is 0.374 e. The van der Waals surface area contributed by atoms with Gasteiger partial charge in [0.1, 0.15) is 0 Å². The summed E-state index contributed by atoms with van der Waals surface area (Å²) in [7, 11) is 0. The third-order valence-electron chi connectivity index (χ3n) is 3.10. The predicted molar refractivity (Wildman–Crippen MR) is 75.5 cm³/mol. The summed E-state index contributed by atoms with van der Waals surface area (Å²) in [6.07, 6.45) is 0.559. The zero-order valence-corrected chi connectivity index (χ0v) is 13.0. The van der Waals surface area contributed by atoms with Crippen LogP contribution in [0.15, 0.2) is 0 Å². The molecule has 19 heavy (non-hydrogen) atoms. The Balaban J connectivity index is 4.11. The van der Waals surface area contributed by atoms with Crippen molar-refractivity contribution in [2.45, 2.75) is 53.6 Å². The fourth-order valence-electron chi connectivity index (χ4n) is 1.26. The first-order valence-electron chi connectivity index (χ1n) is 6.69. The highest BCUT2D eigenvalue weighted by Gasteiger charge is 2.26. The van der Waals surface area contributed by atoms with Crippen LogP contribution in [0.2, 0.25) is 0 Å². The molecule has 0 saturated carbocycles. The second-order valence-electron chi connectivity index (χ2n) is 6.48. The lowest BCUT2D eigenvalue weighted by atomic mass is 9.89. The molecule has 0 saturated heterocycles. The van der Waals surface area contributed by atoms with E-state index >= 15 is 0 Å². The van der Waals surface area contributed by atoms with E-state index in [1.54, 1.807) is 13.8 Å². The van der Waals surface area contributed by atoms with Crippen molar-refractivity contribution in [3.8, 4) is 0 Å². The Morgan fingerprint density at radius 2 is 1.74 bits per heavy atom. The summed E-state index contributed by atoms with van der Waals surface area (Å²) >= 11 is 0.